The minimum absolute atomic E-state index is 0.271. The van der Waals surface area contributed by atoms with Crippen LogP contribution >= 0.6 is 0 Å². The molecule has 2 aliphatic rings. The Balaban J connectivity index is 1.63. The molecule has 2 atom stereocenters. The highest BCUT2D eigenvalue weighted by Gasteiger charge is 2.31. The van der Waals surface area contributed by atoms with E-state index in [4.69, 9.17) is 0 Å². The molecule has 5 heteroatoms. The summed E-state index contributed by atoms with van der Waals surface area (Å²) in [5.74, 6) is 0.603. The summed E-state index contributed by atoms with van der Waals surface area (Å²) in [6, 6.07) is 1.39. The molecule has 0 bridgehead atoms. The van der Waals surface area contributed by atoms with Gasteiger partial charge in [0, 0.05) is 17.8 Å². The van der Waals surface area contributed by atoms with Crippen LogP contribution in [0, 0.1) is 0 Å². The van der Waals surface area contributed by atoms with Crippen LogP contribution in [0.1, 0.15) is 39.0 Å². The lowest BCUT2D eigenvalue weighted by Gasteiger charge is -2.35. The molecule has 0 radical (unpaired) electrons. The van der Waals surface area contributed by atoms with E-state index < -0.39 is 9.84 Å². The third kappa shape index (κ3) is 3.93. The molecule has 2 heterocycles. The number of nitrogens with one attached hydrogen (secondary N) is 1. The van der Waals surface area contributed by atoms with E-state index in [-0.39, 0.29) is 5.75 Å². The zero-order valence-electron chi connectivity index (χ0n) is 11.4. The van der Waals surface area contributed by atoms with Crippen molar-refractivity contribution in [3.05, 3.63) is 0 Å². The van der Waals surface area contributed by atoms with Gasteiger partial charge in [-0.15, -0.1) is 0 Å². The van der Waals surface area contributed by atoms with Crippen LogP contribution < -0.4 is 5.32 Å². The van der Waals surface area contributed by atoms with Gasteiger partial charge >= 0.3 is 0 Å². The lowest BCUT2D eigenvalue weighted by molar-refractivity contribution is 0.167. The molecule has 18 heavy (non-hydrogen) atoms. The van der Waals surface area contributed by atoms with Gasteiger partial charge in [-0.05, 0) is 51.7 Å². The number of nitrogens with zero attached hydrogens (tertiary/aromatic N) is 1. The van der Waals surface area contributed by atoms with Gasteiger partial charge in [0.1, 0.15) is 9.84 Å². The first-order chi connectivity index (χ1) is 8.61. The fourth-order valence-electron chi connectivity index (χ4n) is 3.15. The molecule has 4 nitrogen and oxygen atoms in total. The van der Waals surface area contributed by atoms with E-state index in [9.17, 15) is 8.42 Å². The molecule has 106 valence electrons. The minimum Gasteiger partial charge on any atom is -0.314 e. The second-order valence-corrected chi connectivity index (χ2v) is 8.07. The van der Waals surface area contributed by atoms with Crippen molar-refractivity contribution in [2.24, 2.45) is 0 Å². The molecule has 0 aromatic carbocycles. The number of hydrogen-bond donors (Lipinski definition) is 1. The zero-order chi connectivity index (χ0) is 13.0. The number of piperidine rings is 1. The third-order valence-electron chi connectivity index (χ3n) is 4.33. The van der Waals surface area contributed by atoms with Crippen molar-refractivity contribution in [3.63, 3.8) is 0 Å². The first kappa shape index (κ1) is 14.3. The Hall–Kier alpha value is -0.130. The summed E-state index contributed by atoms with van der Waals surface area (Å²) in [6.45, 7) is 5.07. The Morgan fingerprint density at radius 1 is 1.28 bits per heavy atom. The summed E-state index contributed by atoms with van der Waals surface area (Å²) >= 11 is 0. The molecule has 2 aliphatic heterocycles. The topological polar surface area (TPSA) is 49.4 Å². The Kier molecular flexibility index (Phi) is 5.04. The van der Waals surface area contributed by atoms with E-state index in [2.05, 4.69) is 10.2 Å². The maximum absolute atomic E-state index is 11.4. The molecule has 0 aliphatic carbocycles. The van der Waals surface area contributed by atoms with Gasteiger partial charge in [0.25, 0.3) is 0 Å². The van der Waals surface area contributed by atoms with Gasteiger partial charge < -0.3 is 10.2 Å². The monoisotopic (exact) mass is 274 g/mol. The van der Waals surface area contributed by atoms with Crippen LogP contribution in [0.3, 0.4) is 0 Å². The smallest absolute Gasteiger partial charge is 0.150 e. The molecule has 0 aromatic rings. The standard InChI is InChI=1S/C13H26N2O2S/c1-2-18(16,17)10-4-7-14-12-6-9-15-8-3-5-13(15)11-12/h12-14H,2-11H2,1H3. The van der Waals surface area contributed by atoms with Gasteiger partial charge in [0.15, 0.2) is 0 Å². The average Bonchev–Trinajstić information content (AvgIpc) is 2.82. The van der Waals surface area contributed by atoms with Gasteiger partial charge in [-0.25, -0.2) is 8.42 Å². The summed E-state index contributed by atoms with van der Waals surface area (Å²) in [6.07, 6.45) is 5.92. The summed E-state index contributed by atoms with van der Waals surface area (Å²) in [5, 5.41) is 3.54. The summed E-state index contributed by atoms with van der Waals surface area (Å²) in [7, 11) is -2.78. The van der Waals surface area contributed by atoms with Crippen LogP contribution in [0.4, 0.5) is 0 Å². The van der Waals surface area contributed by atoms with Crippen LogP contribution in [0.25, 0.3) is 0 Å². The van der Waals surface area contributed by atoms with Crippen LogP contribution in [0.5, 0.6) is 0 Å². The normalized spacial score (nSPS) is 29.4. The van der Waals surface area contributed by atoms with Gasteiger partial charge in [-0.1, -0.05) is 6.92 Å². The van der Waals surface area contributed by atoms with Crippen molar-refractivity contribution in [1.29, 1.82) is 0 Å². The van der Waals surface area contributed by atoms with Crippen LogP contribution in [-0.4, -0.2) is 56.5 Å². The SMILES string of the molecule is CCS(=O)(=O)CCCNC1CCN2CCCC2C1. The largest absolute Gasteiger partial charge is 0.314 e. The van der Waals surface area contributed by atoms with E-state index in [1.54, 1.807) is 6.92 Å². The van der Waals surface area contributed by atoms with Crippen molar-refractivity contribution in [1.82, 2.24) is 10.2 Å². The second kappa shape index (κ2) is 6.35. The number of rotatable bonds is 6. The molecule has 0 saturated carbocycles. The average molecular weight is 274 g/mol. The Bertz CT molecular complexity index is 356. The fraction of sp³-hybridized carbons (Fsp3) is 1.00. The molecule has 2 fully saturated rings. The fourth-order valence-corrected chi connectivity index (χ4v) is 4.03. The summed E-state index contributed by atoms with van der Waals surface area (Å²) < 4.78 is 22.7. The molecule has 0 aromatic heterocycles. The first-order valence-electron chi connectivity index (χ1n) is 7.28. The summed E-state index contributed by atoms with van der Waals surface area (Å²) in [5.41, 5.74) is 0. The molecule has 2 unspecified atom stereocenters. The number of sulfone groups is 1. The molecule has 0 amide bonds. The molecular weight excluding hydrogens is 248 g/mol. The van der Waals surface area contributed by atoms with Crippen molar-refractivity contribution in [2.75, 3.05) is 31.1 Å². The van der Waals surface area contributed by atoms with E-state index in [1.165, 1.54) is 38.8 Å². The molecular formula is C13H26N2O2S. The Morgan fingerprint density at radius 2 is 2.11 bits per heavy atom. The van der Waals surface area contributed by atoms with Crippen LogP contribution in [0.15, 0.2) is 0 Å². The molecule has 1 N–H and O–H groups in total. The zero-order valence-corrected chi connectivity index (χ0v) is 12.2. The molecule has 2 rings (SSSR count). The third-order valence-corrected chi connectivity index (χ3v) is 6.12. The predicted molar refractivity (Wildman–Crippen MR) is 74.6 cm³/mol. The highest BCUT2D eigenvalue weighted by Crippen LogP contribution is 2.26. The lowest BCUT2D eigenvalue weighted by atomic mass is 9.97. The van der Waals surface area contributed by atoms with Gasteiger partial charge in [-0.2, -0.15) is 0 Å². The first-order valence-corrected chi connectivity index (χ1v) is 9.11. The quantitative estimate of drug-likeness (QED) is 0.735. The predicted octanol–water partition coefficient (Wildman–Crippen LogP) is 1.03. The minimum atomic E-state index is -2.78. The van der Waals surface area contributed by atoms with E-state index in [0.29, 0.717) is 11.8 Å². The summed E-state index contributed by atoms with van der Waals surface area (Å²) in [4.78, 5) is 2.61. The maximum atomic E-state index is 11.4. The number of fused-ring (bicyclic) bond motifs is 1. The van der Waals surface area contributed by atoms with E-state index in [1.807, 2.05) is 0 Å². The lowest BCUT2D eigenvalue weighted by Crippen LogP contribution is -2.46. The highest BCUT2D eigenvalue weighted by molar-refractivity contribution is 7.91. The van der Waals surface area contributed by atoms with E-state index >= 15 is 0 Å². The maximum Gasteiger partial charge on any atom is 0.150 e. The Morgan fingerprint density at radius 3 is 2.89 bits per heavy atom. The molecule has 2 saturated heterocycles. The van der Waals surface area contributed by atoms with Crippen molar-refractivity contribution >= 4 is 9.84 Å². The number of hydrogen-bond acceptors (Lipinski definition) is 4. The van der Waals surface area contributed by atoms with Crippen molar-refractivity contribution in [3.8, 4) is 0 Å². The van der Waals surface area contributed by atoms with Crippen LogP contribution in [0.2, 0.25) is 0 Å². The second-order valence-electron chi connectivity index (χ2n) is 5.60. The van der Waals surface area contributed by atoms with Crippen LogP contribution in [-0.2, 0) is 9.84 Å². The van der Waals surface area contributed by atoms with Gasteiger partial charge in [0.05, 0.1) is 5.75 Å². The highest BCUT2D eigenvalue weighted by atomic mass is 32.2. The van der Waals surface area contributed by atoms with E-state index in [0.717, 1.165) is 19.0 Å². The van der Waals surface area contributed by atoms with Gasteiger partial charge in [-0.3, -0.25) is 0 Å². The molecule has 0 spiro atoms. The van der Waals surface area contributed by atoms with Crippen molar-refractivity contribution < 1.29 is 8.42 Å². The van der Waals surface area contributed by atoms with Crippen molar-refractivity contribution in [2.45, 2.75) is 51.1 Å². The van der Waals surface area contributed by atoms with Gasteiger partial charge in [0.2, 0.25) is 0 Å². The Labute approximate surface area is 111 Å².